The second-order valence-corrected chi connectivity index (χ2v) is 7.22. The van der Waals surface area contributed by atoms with Gasteiger partial charge in [0, 0.05) is 23.5 Å². The van der Waals surface area contributed by atoms with Gasteiger partial charge < -0.3 is 14.6 Å². The normalized spacial score (nSPS) is 18.3. The first-order valence-electron chi connectivity index (χ1n) is 9.28. The average Bonchev–Trinajstić information content (AvgIpc) is 3.27. The van der Waals surface area contributed by atoms with E-state index in [1.54, 1.807) is 6.07 Å². The summed E-state index contributed by atoms with van der Waals surface area (Å²) in [5.41, 5.74) is 1.45. The van der Waals surface area contributed by atoms with Crippen molar-refractivity contribution in [3.8, 4) is 0 Å². The minimum Gasteiger partial charge on any atom is -0.456 e. The molecule has 3 rings (SSSR count). The molecule has 0 unspecified atom stereocenters. The molecular weight excluding hydrogens is 350 g/mol. The topological polar surface area (TPSA) is 97.7 Å². The Morgan fingerprint density at radius 2 is 1.89 bits per heavy atom. The molecule has 3 amide bonds. The maximum absolute atomic E-state index is 12.5. The summed E-state index contributed by atoms with van der Waals surface area (Å²) in [5.74, 6) is -1.45. The highest BCUT2D eigenvalue weighted by Crippen LogP contribution is 2.34. The third-order valence-electron chi connectivity index (χ3n) is 5.54. The maximum atomic E-state index is 12.5. The van der Waals surface area contributed by atoms with Gasteiger partial charge in [-0.2, -0.15) is 0 Å². The van der Waals surface area contributed by atoms with Crippen LogP contribution in [0.1, 0.15) is 54.4 Å². The lowest BCUT2D eigenvalue weighted by molar-refractivity contribution is -0.146. The summed E-state index contributed by atoms with van der Waals surface area (Å²) >= 11 is 0. The molecule has 1 aromatic heterocycles. The van der Waals surface area contributed by atoms with Gasteiger partial charge in [-0.25, -0.2) is 4.79 Å². The van der Waals surface area contributed by atoms with Gasteiger partial charge in [0.15, 0.2) is 6.61 Å². The van der Waals surface area contributed by atoms with Crippen LogP contribution in [0, 0.1) is 13.8 Å². The Kier molecular flexibility index (Phi) is 5.08. The van der Waals surface area contributed by atoms with E-state index in [-0.39, 0.29) is 11.7 Å². The van der Waals surface area contributed by atoms with Crippen LogP contribution in [0.5, 0.6) is 0 Å². The Morgan fingerprint density at radius 1 is 1.22 bits per heavy atom. The van der Waals surface area contributed by atoms with Crippen LogP contribution in [0.2, 0.25) is 0 Å². The summed E-state index contributed by atoms with van der Waals surface area (Å²) in [6, 6.07) is 1.20. The van der Waals surface area contributed by atoms with Crippen molar-refractivity contribution in [2.24, 2.45) is 0 Å². The van der Waals surface area contributed by atoms with Crippen molar-refractivity contribution in [2.45, 2.75) is 58.5 Å². The molecule has 0 radical (unpaired) electrons. The van der Waals surface area contributed by atoms with Crippen molar-refractivity contribution in [3.05, 3.63) is 23.0 Å². The molecule has 1 saturated heterocycles. The van der Waals surface area contributed by atoms with Crippen LogP contribution in [-0.2, 0) is 20.9 Å². The van der Waals surface area contributed by atoms with Gasteiger partial charge >= 0.3 is 12.0 Å². The van der Waals surface area contributed by atoms with E-state index in [0.717, 1.165) is 35.7 Å². The molecule has 27 heavy (non-hydrogen) atoms. The first kappa shape index (κ1) is 19.1. The van der Waals surface area contributed by atoms with Gasteiger partial charge in [0.05, 0.1) is 0 Å². The fourth-order valence-corrected chi connectivity index (χ4v) is 4.11. The number of ether oxygens (including phenoxy) is 1. The number of carbonyl (C=O) groups excluding carboxylic acids is 4. The van der Waals surface area contributed by atoms with E-state index in [4.69, 9.17) is 4.74 Å². The Morgan fingerprint density at radius 3 is 2.48 bits per heavy atom. The number of nitrogens with one attached hydrogen (secondary N) is 1. The number of amides is 3. The molecule has 1 aromatic rings. The lowest BCUT2D eigenvalue weighted by Crippen LogP contribution is -2.44. The second kappa shape index (κ2) is 7.17. The van der Waals surface area contributed by atoms with E-state index in [0.29, 0.717) is 18.4 Å². The maximum Gasteiger partial charge on any atom is 0.326 e. The predicted molar refractivity (Wildman–Crippen MR) is 96.3 cm³/mol. The third kappa shape index (κ3) is 3.36. The summed E-state index contributed by atoms with van der Waals surface area (Å²) in [5, 5.41) is 2.71. The Hall–Kier alpha value is -2.64. The standard InChI is InChI=1S/C19H25N3O5/c1-4-21-12(2)9-14(13(21)3)15(23)11-27-16(24)10-22-17(25)19(20-18(22)26)7-5-6-8-19/h9H,4-8,10-11H2,1-3H3,(H,20,26). The molecule has 0 atom stereocenters. The lowest BCUT2D eigenvalue weighted by atomic mass is 9.98. The van der Waals surface area contributed by atoms with Crippen LogP contribution in [0.15, 0.2) is 6.07 Å². The first-order valence-corrected chi connectivity index (χ1v) is 9.28. The number of carbonyl (C=O) groups is 4. The molecule has 0 aromatic carbocycles. The Bertz CT molecular complexity index is 805. The van der Waals surface area contributed by atoms with Crippen molar-refractivity contribution < 1.29 is 23.9 Å². The Balaban J connectivity index is 1.58. The number of urea groups is 1. The molecule has 1 saturated carbocycles. The molecule has 8 nitrogen and oxygen atoms in total. The molecule has 1 spiro atoms. The number of hydrogen-bond donors (Lipinski definition) is 1. The number of imide groups is 1. The number of ketones is 1. The van der Waals surface area contributed by atoms with Crippen molar-refractivity contribution in [3.63, 3.8) is 0 Å². The van der Waals surface area contributed by atoms with Crippen LogP contribution in [-0.4, -0.2) is 51.8 Å². The highest BCUT2D eigenvalue weighted by Gasteiger charge is 2.52. The molecule has 146 valence electrons. The summed E-state index contributed by atoms with van der Waals surface area (Å²) in [7, 11) is 0. The highest BCUT2D eigenvalue weighted by molar-refractivity contribution is 6.09. The van der Waals surface area contributed by atoms with Crippen molar-refractivity contribution in [1.82, 2.24) is 14.8 Å². The zero-order chi connectivity index (χ0) is 19.8. The van der Waals surface area contributed by atoms with Gasteiger partial charge in [0.2, 0.25) is 5.78 Å². The summed E-state index contributed by atoms with van der Waals surface area (Å²) in [6.45, 7) is 5.60. The van der Waals surface area contributed by atoms with Crippen LogP contribution < -0.4 is 5.32 Å². The van der Waals surface area contributed by atoms with Gasteiger partial charge in [0.25, 0.3) is 5.91 Å². The molecule has 1 aliphatic heterocycles. The predicted octanol–water partition coefficient (Wildman–Crippen LogP) is 1.72. The molecule has 1 N–H and O–H groups in total. The monoisotopic (exact) mass is 375 g/mol. The van der Waals surface area contributed by atoms with Gasteiger partial charge in [-0.05, 0) is 39.7 Å². The number of nitrogens with zero attached hydrogens (tertiary/aromatic N) is 2. The SMILES string of the molecule is CCn1c(C)cc(C(=O)COC(=O)CN2C(=O)NC3(CCCC3)C2=O)c1C. The van der Waals surface area contributed by atoms with Crippen LogP contribution in [0.25, 0.3) is 0 Å². The van der Waals surface area contributed by atoms with E-state index >= 15 is 0 Å². The van der Waals surface area contributed by atoms with E-state index in [1.165, 1.54) is 0 Å². The van der Waals surface area contributed by atoms with E-state index in [2.05, 4.69) is 5.32 Å². The minimum atomic E-state index is -0.856. The summed E-state index contributed by atoms with van der Waals surface area (Å²) < 4.78 is 7.04. The Labute approximate surface area is 157 Å². The van der Waals surface area contributed by atoms with E-state index < -0.39 is 30.7 Å². The number of hydrogen-bond acceptors (Lipinski definition) is 5. The molecular formula is C19H25N3O5. The smallest absolute Gasteiger partial charge is 0.326 e. The number of esters is 1. The quantitative estimate of drug-likeness (QED) is 0.464. The van der Waals surface area contributed by atoms with E-state index in [1.807, 2.05) is 25.3 Å². The fourth-order valence-electron chi connectivity index (χ4n) is 4.11. The molecule has 2 fully saturated rings. The molecule has 1 aliphatic carbocycles. The molecule has 2 heterocycles. The van der Waals surface area contributed by atoms with Crippen molar-refractivity contribution in [2.75, 3.05) is 13.2 Å². The van der Waals surface area contributed by atoms with Gasteiger partial charge in [-0.1, -0.05) is 12.8 Å². The zero-order valence-electron chi connectivity index (χ0n) is 16.0. The lowest BCUT2D eigenvalue weighted by Gasteiger charge is -2.19. The first-order chi connectivity index (χ1) is 12.8. The zero-order valence-corrected chi connectivity index (χ0v) is 16.0. The van der Waals surface area contributed by atoms with Crippen LogP contribution >= 0.6 is 0 Å². The van der Waals surface area contributed by atoms with Crippen molar-refractivity contribution >= 4 is 23.7 Å². The van der Waals surface area contributed by atoms with Crippen LogP contribution in [0.3, 0.4) is 0 Å². The number of rotatable bonds is 6. The largest absolute Gasteiger partial charge is 0.456 e. The third-order valence-corrected chi connectivity index (χ3v) is 5.54. The van der Waals surface area contributed by atoms with E-state index in [9.17, 15) is 19.2 Å². The number of Topliss-reactive ketones (excluding diaryl/α,β-unsaturated/α-hetero) is 1. The van der Waals surface area contributed by atoms with Crippen LogP contribution in [0.4, 0.5) is 4.79 Å². The molecule has 8 heteroatoms. The van der Waals surface area contributed by atoms with Gasteiger partial charge in [0.1, 0.15) is 12.1 Å². The average molecular weight is 375 g/mol. The van der Waals surface area contributed by atoms with Crippen molar-refractivity contribution in [1.29, 1.82) is 0 Å². The highest BCUT2D eigenvalue weighted by atomic mass is 16.5. The number of aromatic nitrogens is 1. The minimum absolute atomic E-state index is 0.305. The second-order valence-electron chi connectivity index (χ2n) is 7.22. The van der Waals surface area contributed by atoms with Gasteiger partial charge in [-0.15, -0.1) is 0 Å². The summed E-state index contributed by atoms with van der Waals surface area (Å²) in [4.78, 5) is 49.9. The molecule has 0 bridgehead atoms. The fraction of sp³-hybridized carbons (Fsp3) is 0.579. The number of aryl methyl sites for hydroxylation is 1. The van der Waals surface area contributed by atoms with Gasteiger partial charge in [-0.3, -0.25) is 19.3 Å². The molecule has 2 aliphatic rings. The summed E-state index contributed by atoms with van der Waals surface area (Å²) in [6.07, 6.45) is 2.92.